The fourth-order valence-corrected chi connectivity index (χ4v) is 2.66. The van der Waals surface area contributed by atoms with E-state index in [4.69, 9.17) is 4.74 Å². The molecule has 0 spiro atoms. The lowest BCUT2D eigenvalue weighted by molar-refractivity contribution is -0.121. The summed E-state index contributed by atoms with van der Waals surface area (Å²) in [4.78, 5) is 11.9. The summed E-state index contributed by atoms with van der Waals surface area (Å²) >= 11 is 0. The van der Waals surface area contributed by atoms with E-state index in [1.165, 1.54) is 22.3 Å². The monoisotopic (exact) mass is 325 g/mol. The van der Waals surface area contributed by atoms with Gasteiger partial charge in [0.2, 0.25) is 5.91 Å². The minimum atomic E-state index is 0.0681. The van der Waals surface area contributed by atoms with Gasteiger partial charge in [-0.05, 0) is 61.1 Å². The highest BCUT2D eigenvalue weighted by Crippen LogP contribution is 2.15. The van der Waals surface area contributed by atoms with Crippen LogP contribution >= 0.6 is 0 Å². The summed E-state index contributed by atoms with van der Waals surface area (Å²) in [6.45, 7) is 7.26. The zero-order valence-corrected chi connectivity index (χ0v) is 14.9. The average Bonchev–Trinajstić information content (AvgIpc) is 2.56. The number of rotatable bonds is 8. The first-order chi connectivity index (χ1) is 11.6. The maximum absolute atomic E-state index is 11.9. The number of hydrogen-bond donors (Lipinski definition) is 1. The number of aryl methyl sites for hydroxylation is 4. The van der Waals surface area contributed by atoms with Crippen molar-refractivity contribution >= 4 is 5.91 Å². The van der Waals surface area contributed by atoms with E-state index in [2.05, 4.69) is 56.4 Å². The highest BCUT2D eigenvalue weighted by atomic mass is 16.5. The van der Waals surface area contributed by atoms with Crippen LogP contribution in [0, 0.1) is 13.8 Å². The van der Waals surface area contributed by atoms with Crippen LogP contribution in [0.1, 0.15) is 35.6 Å². The van der Waals surface area contributed by atoms with Gasteiger partial charge in [-0.15, -0.1) is 0 Å². The predicted molar refractivity (Wildman–Crippen MR) is 98.6 cm³/mol. The molecule has 0 unspecified atom stereocenters. The molecule has 3 heteroatoms. The quantitative estimate of drug-likeness (QED) is 0.745. The summed E-state index contributed by atoms with van der Waals surface area (Å²) in [6, 6.07) is 14.6. The van der Waals surface area contributed by atoms with E-state index < -0.39 is 0 Å². The Labute approximate surface area is 145 Å². The molecule has 0 aromatic heterocycles. The van der Waals surface area contributed by atoms with E-state index in [-0.39, 0.29) is 5.91 Å². The van der Waals surface area contributed by atoms with E-state index in [1.54, 1.807) is 0 Å². The minimum Gasteiger partial charge on any atom is -0.492 e. The molecule has 0 aliphatic carbocycles. The van der Waals surface area contributed by atoms with Crippen LogP contribution in [0.25, 0.3) is 0 Å². The lowest BCUT2D eigenvalue weighted by Gasteiger charge is -2.09. The number of amides is 1. The van der Waals surface area contributed by atoms with Gasteiger partial charge >= 0.3 is 0 Å². The lowest BCUT2D eigenvalue weighted by Crippen LogP contribution is -2.28. The second-order valence-electron chi connectivity index (χ2n) is 6.19. The van der Waals surface area contributed by atoms with Gasteiger partial charge in [0.15, 0.2) is 0 Å². The third-order valence-corrected chi connectivity index (χ3v) is 3.96. The van der Waals surface area contributed by atoms with Crippen molar-refractivity contribution < 1.29 is 9.53 Å². The van der Waals surface area contributed by atoms with Gasteiger partial charge in [-0.3, -0.25) is 4.79 Å². The molecular formula is C21H27NO2. The van der Waals surface area contributed by atoms with E-state index in [0.717, 1.165) is 18.6 Å². The molecule has 0 atom stereocenters. The molecular weight excluding hydrogens is 298 g/mol. The highest BCUT2D eigenvalue weighted by Gasteiger charge is 2.03. The van der Waals surface area contributed by atoms with Crippen LogP contribution in [0.15, 0.2) is 42.5 Å². The van der Waals surface area contributed by atoms with E-state index in [0.29, 0.717) is 19.6 Å². The Balaban J connectivity index is 1.65. The smallest absolute Gasteiger partial charge is 0.220 e. The number of carbonyl (C=O) groups excluding carboxylic acids is 1. The van der Waals surface area contributed by atoms with Crippen LogP contribution in [0.5, 0.6) is 5.75 Å². The number of nitrogens with one attached hydrogen (secondary N) is 1. The maximum Gasteiger partial charge on any atom is 0.220 e. The first-order valence-corrected chi connectivity index (χ1v) is 8.62. The van der Waals surface area contributed by atoms with Crippen molar-refractivity contribution in [2.75, 3.05) is 13.2 Å². The van der Waals surface area contributed by atoms with Crippen LogP contribution in [0.3, 0.4) is 0 Å². The van der Waals surface area contributed by atoms with Gasteiger partial charge < -0.3 is 10.1 Å². The Morgan fingerprint density at radius 1 is 1.00 bits per heavy atom. The summed E-state index contributed by atoms with van der Waals surface area (Å²) in [5.41, 5.74) is 4.90. The standard InChI is InChI=1S/C21H27NO2/c1-4-18-5-7-19(8-6-18)9-10-21(23)22-11-12-24-20-14-16(2)13-17(3)15-20/h5-8,13-15H,4,9-12H2,1-3H3,(H,22,23). The number of hydrogen-bond acceptors (Lipinski definition) is 2. The Morgan fingerprint density at radius 2 is 1.62 bits per heavy atom. The average molecular weight is 325 g/mol. The Hall–Kier alpha value is -2.29. The molecule has 1 N–H and O–H groups in total. The maximum atomic E-state index is 11.9. The third-order valence-electron chi connectivity index (χ3n) is 3.96. The first kappa shape index (κ1) is 18.1. The number of ether oxygens (including phenoxy) is 1. The second-order valence-corrected chi connectivity index (χ2v) is 6.19. The van der Waals surface area contributed by atoms with Gasteiger partial charge in [-0.25, -0.2) is 0 Å². The number of carbonyl (C=O) groups is 1. The van der Waals surface area contributed by atoms with Crippen LogP contribution in [-0.4, -0.2) is 19.1 Å². The molecule has 2 rings (SSSR count). The Bertz CT molecular complexity index is 642. The fraction of sp³-hybridized carbons (Fsp3) is 0.381. The Morgan fingerprint density at radius 3 is 2.25 bits per heavy atom. The van der Waals surface area contributed by atoms with Gasteiger partial charge in [0.05, 0.1) is 6.54 Å². The molecule has 0 saturated heterocycles. The molecule has 0 saturated carbocycles. The van der Waals surface area contributed by atoms with Gasteiger partial charge in [0.25, 0.3) is 0 Å². The minimum absolute atomic E-state index is 0.0681. The lowest BCUT2D eigenvalue weighted by atomic mass is 10.1. The van der Waals surface area contributed by atoms with E-state index in [1.807, 2.05) is 12.1 Å². The zero-order valence-electron chi connectivity index (χ0n) is 14.9. The fourth-order valence-electron chi connectivity index (χ4n) is 2.66. The molecule has 2 aromatic rings. The Kier molecular flexibility index (Phi) is 6.86. The molecule has 2 aromatic carbocycles. The van der Waals surface area contributed by atoms with Crippen LogP contribution in [0.4, 0.5) is 0 Å². The molecule has 0 aliphatic rings. The van der Waals surface area contributed by atoms with Crippen molar-refractivity contribution in [1.82, 2.24) is 5.32 Å². The molecule has 0 bridgehead atoms. The summed E-state index contributed by atoms with van der Waals surface area (Å²) in [5, 5.41) is 2.91. The molecule has 0 aliphatic heterocycles. The third kappa shape index (κ3) is 6.07. The topological polar surface area (TPSA) is 38.3 Å². The first-order valence-electron chi connectivity index (χ1n) is 8.62. The van der Waals surface area contributed by atoms with Crippen LogP contribution in [-0.2, 0) is 17.6 Å². The van der Waals surface area contributed by atoms with Crippen LogP contribution < -0.4 is 10.1 Å². The summed E-state index contributed by atoms with van der Waals surface area (Å²) in [5.74, 6) is 0.927. The van der Waals surface area contributed by atoms with Crippen molar-refractivity contribution in [1.29, 1.82) is 0 Å². The molecule has 24 heavy (non-hydrogen) atoms. The van der Waals surface area contributed by atoms with E-state index in [9.17, 15) is 4.79 Å². The molecule has 128 valence electrons. The van der Waals surface area contributed by atoms with Gasteiger partial charge in [-0.1, -0.05) is 37.3 Å². The van der Waals surface area contributed by atoms with Crippen molar-refractivity contribution in [2.45, 2.75) is 40.0 Å². The SMILES string of the molecule is CCc1ccc(CCC(=O)NCCOc2cc(C)cc(C)c2)cc1. The molecule has 1 amide bonds. The van der Waals surface area contributed by atoms with Crippen molar-refractivity contribution in [3.8, 4) is 5.75 Å². The molecule has 0 heterocycles. The normalized spacial score (nSPS) is 10.5. The predicted octanol–water partition coefficient (Wildman–Crippen LogP) is 3.99. The largest absolute Gasteiger partial charge is 0.492 e. The van der Waals surface area contributed by atoms with Crippen molar-refractivity contribution in [3.05, 3.63) is 64.7 Å². The van der Waals surface area contributed by atoms with E-state index >= 15 is 0 Å². The van der Waals surface area contributed by atoms with Crippen LogP contribution in [0.2, 0.25) is 0 Å². The van der Waals surface area contributed by atoms with Crippen molar-refractivity contribution in [3.63, 3.8) is 0 Å². The van der Waals surface area contributed by atoms with Gasteiger partial charge in [0, 0.05) is 6.42 Å². The second kappa shape index (κ2) is 9.11. The van der Waals surface area contributed by atoms with Gasteiger partial charge in [-0.2, -0.15) is 0 Å². The molecule has 0 fully saturated rings. The zero-order chi connectivity index (χ0) is 17.4. The van der Waals surface area contributed by atoms with Gasteiger partial charge in [0.1, 0.15) is 12.4 Å². The molecule has 3 nitrogen and oxygen atoms in total. The summed E-state index contributed by atoms with van der Waals surface area (Å²) in [6.07, 6.45) is 2.32. The highest BCUT2D eigenvalue weighted by molar-refractivity contribution is 5.76. The number of benzene rings is 2. The molecule has 0 radical (unpaired) electrons. The summed E-state index contributed by atoms with van der Waals surface area (Å²) < 4.78 is 5.69. The summed E-state index contributed by atoms with van der Waals surface area (Å²) in [7, 11) is 0. The van der Waals surface area contributed by atoms with Crippen molar-refractivity contribution in [2.24, 2.45) is 0 Å².